The normalized spacial score (nSPS) is 11.4. The molecule has 0 saturated heterocycles. The summed E-state index contributed by atoms with van der Waals surface area (Å²) in [7, 11) is 1.68. The lowest BCUT2D eigenvalue weighted by molar-refractivity contribution is 0.373. The maximum atomic E-state index is 5.39. The molecule has 0 saturated carbocycles. The summed E-state index contributed by atoms with van der Waals surface area (Å²) < 4.78 is 11.9. The highest BCUT2D eigenvalue weighted by Gasteiger charge is 2.14. The topological polar surface area (TPSA) is 48.2 Å². The van der Waals surface area contributed by atoms with Gasteiger partial charge < -0.3 is 9.26 Å². The van der Waals surface area contributed by atoms with Crippen LogP contribution >= 0.6 is 22.6 Å². The van der Waals surface area contributed by atoms with Gasteiger partial charge in [0.1, 0.15) is 17.2 Å². The van der Waals surface area contributed by atoms with Crippen molar-refractivity contribution in [2.75, 3.05) is 7.11 Å². The van der Waals surface area contributed by atoms with E-state index < -0.39 is 0 Å². The van der Waals surface area contributed by atoms with E-state index in [2.05, 4.69) is 41.6 Å². The van der Waals surface area contributed by atoms with Gasteiger partial charge in [-0.05, 0) is 53.3 Å². The number of rotatable bonds is 3. The zero-order valence-corrected chi connectivity index (χ0v) is 15.1. The minimum absolute atomic E-state index is 0.312. The Hall–Kier alpha value is -1.63. The molecular weight excluding hydrogens is 391 g/mol. The van der Waals surface area contributed by atoms with Crippen LogP contribution in [0.4, 0.5) is 0 Å². The van der Waals surface area contributed by atoms with E-state index >= 15 is 0 Å². The average molecular weight is 408 g/mol. The Bertz CT molecular complexity index is 840. The van der Waals surface area contributed by atoms with Gasteiger partial charge >= 0.3 is 0 Å². The van der Waals surface area contributed by atoms with E-state index in [1.54, 1.807) is 7.11 Å². The fraction of sp³-hybridized carbons (Fsp3) is 0.294. The summed E-state index contributed by atoms with van der Waals surface area (Å²) in [4.78, 5) is 4.77. The van der Waals surface area contributed by atoms with Crippen molar-refractivity contribution in [3.63, 3.8) is 0 Å². The third kappa shape index (κ3) is 2.69. The number of nitrogens with zero attached hydrogens (tertiary/aromatic N) is 2. The molecular formula is C17H17IN2O2. The van der Waals surface area contributed by atoms with Gasteiger partial charge in [-0.25, -0.2) is 4.98 Å². The van der Waals surface area contributed by atoms with E-state index in [4.69, 9.17) is 14.2 Å². The zero-order chi connectivity index (χ0) is 15.9. The first kappa shape index (κ1) is 15.3. The second kappa shape index (κ2) is 5.87. The van der Waals surface area contributed by atoms with Crippen molar-refractivity contribution in [3.05, 3.63) is 39.2 Å². The molecule has 0 atom stereocenters. The van der Waals surface area contributed by atoms with E-state index in [1.165, 1.54) is 0 Å². The molecule has 0 radical (unpaired) electrons. The first-order valence-corrected chi connectivity index (χ1v) is 8.19. The van der Waals surface area contributed by atoms with Gasteiger partial charge in [-0.3, -0.25) is 0 Å². The van der Waals surface area contributed by atoms with E-state index in [0.717, 1.165) is 42.9 Å². The quantitative estimate of drug-likeness (QED) is 0.577. The summed E-state index contributed by atoms with van der Waals surface area (Å²) in [6.45, 7) is 6.21. The predicted octanol–water partition coefficient (Wildman–Crippen LogP) is 4.93. The molecule has 22 heavy (non-hydrogen) atoms. The molecule has 0 aliphatic carbocycles. The van der Waals surface area contributed by atoms with Gasteiger partial charge in [-0.1, -0.05) is 19.0 Å². The second-order valence-electron chi connectivity index (χ2n) is 5.60. The predicted molar refractivity (Wildman–Crippen MR) is 95.3 cm³/mol. The summed E-state index contributed by atoms with van der Waals surface area (Å²) in [6, 6.07) is 8.01. The number of aromatic nitrogens is 2. The Labute approximate surface area is 143 Å². The van der Waals surface area contributed by atoms with Crippen molar-refractivity contribution in [1.29, 1.82) is 0 Å². The van der Waals surface area contributed by atoms with Crippen LogP contribution in [-0.2, 0) is 0 Å². The fourth-order valence-electron chi connectivity index (χ4n) is 2.36. The first-order chi connectivity index (χ1) is 10.5. The third-order valence-corrected chi connectivity index (χ3v) is 4.52. The Kier molecular flexibility index (Phi) is 4.08. The SMILES string of the molecule is COc1cc(C)c2nc(-c3cc(C(C)C)on3)cc(I)c2c1. The van der Waals surface area contributed by atoms with E-state index in [9.17, 15) is 0 Å². The van der Waals surface area contributed by atoms with Crippen LogP contribution in [0.1, 0.15) is 31.1 Å². The summed E-state index contributed by atoms with van der Waals surface area (Å²) in [5.74, 6) is 2.03. The van der Waals surface area contributed by atoms with Crippen LogP contribution in [0.3, 0.4) is 0 Å². The number of benzene rings is 1. The molecule has 114 valence electrons. The number of ether oxygens (including phenoxy) is 1. The van der Waals surface area contributed by atoms with Crippen molar-refractivity contribution in [3.8, 4) is 17.1 Å². The van der Waals surface area contributed by atoms with Crippen LogP contribution in [0.5, 0.6) is 5.75 Å². The number of methoxy groups -OCH3 is 1. The maximum absolute atomic E-state index is 5.39. The van der Waals surface area contributed by atoms with Crippen LogP contribution in [0.2, 0.25) is 0 Å². The third-order valence-electron chi connectivity index (χ3n) is 3.62. The molecule has 5 heteroatoms. The lowest BCUT2D eigenvalue weighted by Crippen LogP contribution is -1.93. The van der Waals surface area contributed by atoms with Crippen LogP contribution in [0.25, 0.3) is 22.3 Å². The zero-order valence-electron chi connectivity index (χ0n) is 13.0. The molecule has 2 aromatic heterocycles. The standard InChI is InChI=1S/C17H17IN2O2/c1-9(2)16-8-15(20-22-16)14-7-13(18)12-6-11(21-4)5-10(3)17(12)19-14/h5-9H,1-4H3. The van der Waals surface area contributed by atoms with Gasteiger partial charge in [-0.2, -0.15) is 0 Å². The van der Waals surface area contributed by atoms with Crippen LogP contribution in [0, 0.1) is 10.5 Å². The number of hydrogen-bond donors (Lipinski definition) is 0. The molecule has 0 bridgehead atoms. The summed E-state index contributed by atoms with van der Waals surface area (Å²) in [6.07, 6.45) is 0. The molecule has 0 fully saturated rings. The number of aryl methyl sites for hydroxylation is 1. The minimum Gasteiger partial charge on any atom is -0.497 e. The molecule has 4 nitrogen and oxygen atoms in total. The van der Waals surface area contributed by atoms with Gasteiger partial charge in [0.15, 0.2) is 0 Å². The summed E-state index contributed by atoms with van der Waals surface area (Å²) >= 11 is 2.33. The van der Waals surface area contributed by atoms with Crippen molar-refractivity contribution in [2.24, 2.45) is 0 Å². The summed E-state index contributed by atoms with van der Waals surface area (Å²) in [5, 5.41) is 5.24. The highest BCUT2D eigenvalue weighted by atomic mass is 127. The van der Waals surface area contributed by atoms with Gasteiger partial charge in [0, 0.05) is 20.9 Å². The fourth-order valence-corrected chi connectivity index (χ4v) is 3.06. The number of fused-ring (bicyclic) bond motifs is 1. The highest BCUT2D eigenvalue weighted by Crippen LogP contribution is 2.31. The van der Waals surface area contributed by atoms with Gasteiger partial charge in [0.05, 0.1) is 18.3 Å². The maximum Gasteiger partial charge on any atom is 0.139 e. The lowest BCUT2D eigenvalue weighted by atomic mass is 10.1. The number of pyridine rings is 1. The summed E-state index contributed by atoms with van der Waals surface area (Å²) in [5.41, 5.74) is 3.66. The Morgan fingerprint density at radius 2 is 1.91 bits per heavy atom. The van der Waals surface area contributed by atoms with Crippen molar-refractivity contribution in [1.82, 2.24) is 10.1 Å². The molecule has 0 N–H and O–H groups in total. The molecule has 3 aromatic rings. The van der Waals surface area contributed by atoms with Crippen molar-refractivity contribution < 1.29 is 9.26 Å². The molecule has 2 heterocycles. The van der Waals surface area contributed by atoms with Crippen LogP contribution in [-0.4, -0.2) is 17.3 Å². The van der Waals surface area contributed by atoms with E-state index in [1.807, 2.05) is 31.2 Å². The van der Waals surface area contributed by atoms with E-state index in [-0.39, 0.29) is 0 Å². The van der Waals surface area contributed by atoms with Gasteiger partial charge in [-0.15, -0.1) is 0 Å². The molecule has 0 aliphatic rings. The molecule has 3 rings (SSSR count). The lowest BCUT2D eigenvalue weighted by Gasteiger charge is -2.09. The van der Waals surface area contributed by atoms with E-state index in [0.29, 0.717) is 5.92 Å². The van der Waals surface area contributed by atoms with Crippen LogP contribution in [0.15, 0.2) is 28.8 Å². The largest absolute Gasteiger partial charge is 0.497 e. The Balaban J connectivity index is 2.17. The first-order valence-electron chi connectivity index (χ1n) is 7.11. The number of hydrogen-bond acceptors (Lipinski definition) is 4. The van der Waals surface area contributed by atoms with Crippen molar-refractivity contribution in [2.45, 2.75) is 26.7 Å². The smallest absolute Gasteiger partial charge is 0.139 e. The minimum atomic E-state index is 0.312. The number of halogens is 1. The van der Waals surface area contributed by atoms with Gasteiger partial charge in [0.25, 0.3) is 0 Å². The average Bonchev–Trinajstić information content (AvgIpc) is 2.97. The molecule has 0 amide bonds. The molecule has 0 spiro atoms. The van der Waals surface area contributed by atoms with Crippen LogP contribution < -0.4 is 4.74 Å². The van der Waals surface area contributed by atoms with Crippen molar-refractivity contribution >= 4 is 33.5 Å². The monoisotopic (exact) mass is 408 g/mol. The molecule has 0 aliphatic heterocycles. The second-order valence-corrected chi connectivity index (χ2v) is 6.76. The molecule has 1 aromatic carbocycles. The Morgan fingerprint density at radius 1 is 1.14 bits per heavy atom. The molecule has 0 unspecified atom stereocenters. The highest BCUT2D eigenvalue weighted by molar-refractivity contribution is 14.1. The van der Waals surface area contributed by atoms with Gasteiger partial charge in [0.2, 0.25) is 0 Å². The Morgan fingerprint density at radius 3 is 2.55 bits per heavy atom.